The van der Waals surface area contributed by atoms with Crippen molar-refractivity contribution in [2.75, 3.05) is 11.9 Å². The number of para-hydroxylation sites is 2. The van der Waals surface area contributed by atoms with Crippen LogP contribution in [-0.2, 0) is 0 Å². The molecule has 14 heavy (non-hydrogen) atoms. The normalized spacial score (nSPS) is 24.7. The molecule has 1 atom stereocenters. The Balaban J connectivity index is 2.20. The third-order valence-electron chi connectivity index (χ3n) is 2.36. The van der Waals surface area contributed by atoms with Crippen LogP contribution >= 0.6 is 15.9 Å². The first kappa shape index (κ1) is 9.84. The lowest BCUT2D eigenvalue weighted by Gasteiger charge is -2.35. The summed E-state index contributed by atoms with van der Waals surface area (Å²) in [5.74, 6) is 1.70. The first-order valence-corrected chi connectivity index (χ1v) is 5.82. The lowest BCUT2D eigenvalue weighted by Crippen LogP contribution is -2.42. The van der Waals surface area contributed by atoms with Gasteiger partial charge in [-0.2, -0.15) is 0 Å². The van der Waals surface area contributed by atoms with Gasteiger partial charge in [0.1, 0.15) is 12.2 Å². The average Bonchev–Trinajstić information content (AvgIpc) is 2.17. The number of hydrogen-bond acceptors (Lipinski definition) is 2. The van der Waals surface area contributed by atoms with Crippen LogP contribution in [0.1, 0.15) is 13.3 Å². The molecule has 1 aromatic carbocycles. The number of rotatable bonds is 2. The second kappa shape index (κ2) is 3.81. The highest BCUT2D eigenvalue weighted by Crippen LogP contribution is 2.36. The van der Waals surface area contributed by atoms with E-state index in [9.17, 15) is 0 Å². The zero-order valence-electron chi connectivity index (χ0n) is 8.13. The maximum absolute atomic E-state index is 5.90. The molecule has 0 radical (unpaired) electrons. The molecule has 0 aliphatic carbocycles. The van der Waals surface area contributed by atoms with E-state index in [1.165, 1.54) is 0 Å². The van der Waals surface area contributed by atoms with Crippen molar-refractivity contribution in [1.82, 2.24) is 0 Å². The van der Waals surface area contributed by atoms with E-state index in [2.05, 4.69) is 22.9 Å². The van der Waals surface area contributed by atoms with Crippen LogP contribution in [0.3, 0.4) is 0 Å². The van der Waals surface area contributed by atoms with Crippen LogP contribution in [0.2, 0.25) is 0 Å². The van der Waals surface area contributed by atoms with Crippen molar-refractivity contribution in [3.63, 3.8) is 0 Å². The van der Waals surface area contributed by atoms with Crippen molar-refractivity contribution < 1.29 is 9.47 Å². The summed E-state index contributed by atoms with van der Waals surface area (Å²) in [6, 6.07) is 7.79. The first-order valence-electron chi connectivity index (χ1n) is 4.70. The molecular weight excluding hydrogens is 244 g/mol. The molecule has 0 fully saturated rings. The lowest BCUT2D eigenvalue weighted by atomic mass is 10.0. The Morgan fingerprint density at radius 2 is 2.07 bits per heavy atom. The van der Waals surface area contributed by atoms with E-state index in [0.29, 0.717) is 6.61 Å². The third-order valence-corrected chi connectivity index (χ3v) is 2.76. The van der Waals surface area contributed by atoms with E-state index < -0.39 is 0 Å². The van der Waals surface area contributed by atoms with Gasteiger partial charge in [-0.15, -0.1) is 0 Å². The van der Waals surface area contributed by atoms with Crippen molar-refractivity contribution in [2.24, 2.45) is 0 Å². The van der Waals surface area contributed by atoms with Gasteiger partial charge in [0.2, 0.25) is 0 Å². The third kappa shape index (κ3) is 1.87. The number of fused-ring (bicyclic) bond motifs is 1. The van der Waals surface area contributed by atoms with Gasteiger partial charge in [0.15, 0.2) is 11.5 Å². The van der Waals surface area contributed by atoms with Crippen LogP contribution in [0, 0.1) is 0 Å². The predicted molar refractivity (Wildman–Crippen MR) is 59.4 cm³/mol. The van der Waals surface area contributed by atoms with Gasteiger partial charge in [-0.3, -0.25) is 0 Å². The fraction of sp³-hybridized carbons (Fsp3) is 0.455. The number of benzene rings is 1. The molecule has 3 heteroatoms. The van der Waals surface area contributed by atoms with E-state index in [4.69, 9.17) is 9.47 Å². The monoisotopic (exact) mass is 256 g/mol. The summed E-state index contributed by atoms with van der Waals surface area (Å²) in [5, 5.41) is 0.926. The number of hydrogen-bond donors (Lipinski definition) is 0. The smallest absolute Gasteiger partial charge is 0.162 e. The van der Waals surface area contributed by atoms with Crippen LogP contribution in [0.5, 0.6) is 11.5 Å². The van der Waals surface area contributed by atoms with Crippen LogP contribution in [0.4, 0.5) is 0 Å². The highest BCUT2D eigenvalue weighted by molar-refractivity contribution is 9.09. The van der Waals surface area contributed by atoms with Crippen molar-refractivity contribution in [1.29, 1.82) is 0 Å². The first-order chi connectivity index (χ1) is 6.73. The molecule has 1 heterocycles. The second-order valence-corrected chi connectivity index (χ2v) is 4.52. The van der Waals surface area contributed by atoms with Gasteiger partial charge >= 0.3 is 0 Å². The molecule has 0 aromatic heterocycles. The summed E-state index contributed by atoms with van der Waals surface area (Å²) >= 11 is 3.42. The fourth-order valence-corrected chi connectivity index (χ4v) is 2.34. The summed E-state index contributed by atoms with van der Waals surface area (Å²) in [7, 11) is 0. The van der Waals surface area contributed by atoms with Gasteiger partial charge < -0.3 is 9.47 Å². The molecule has 1 aromatic rings. The number of ether oxygens (including phenoxy) is 2. The predicted octanol–water partition coefficient (Wildman–Crippen LogP) is 3.00. The molecular formula is C11H13BrO2. The molecule has 1 aliphatic rings. The van der Waals surface area contributed by atoms with Crippen LogP contribution < -0.4 is 9.47 Å². The SMILES string of the molecule is CC1(CCBr)COc2ccccc2O1. The summed E-state index contributed by atoms with van der Waals surface area (Å²) in [4.78, 5) is 0. The second-order valence-electron chi connectivity index (χ2n) is 3.73. The number of halogens is 1. The van der Waals surface area contributed by atoms with Crippen molar-refractivity contribution >= 4 is 15.9 Å². The van der Waals surface area contributed by atoms with E-state index in [-0.39, 0.29) is 5.60 Å². The Bertz CT molecular complexity index is 327. The summed E-state index contributed by atoms with van der Waals surface area (Å²) in [6.45, 7) is 2.69. The molecule has 1 aliphatic heterocycles. The quantitative estimate of drug-likeness (QED) is 0.758. The Kier molecular flexibility index (Phi) is 2.68. The summed E-state index contributed by atoms with van der Waals surface area (Å²) in [5.41, 5.74) is -0.197. The molecule has 2 nitrogen and oxygen atoms in total. The van der Waals surface area contributed by atoms with Gasteiger partial charge in [-0.1, -0.05) is 28.1 Å². The highest BCUT2D eigenvalue weighted by Gasteiger charge is 2.31. The maximum atomic E-state index is 5.90. The van der Waals surface area contributed by atoms with E-state index >= 15 is 0 Å². The van der Waals surface area contributed by atoms with Gasteiger partial charge in [-0.05, 0) is 25.5 Å². The molecule has 0 bridgehead atoms. The summed E-state index contributed by atoms with van der Waals surface area (Å²) < 4.78 is 11.6. The molecule has 0 saturated carbocycles. The average molecular weight is 257 g/mol. The van der Waals surface area contributed by atoms with E-state index in [1.54, 1.807) is 0 Å². The molecule has 76 valence electrons. The van der Waals surface area contributed by atoms with Gasteiger partial charge in [-0.25, -0.2) is 0 Å². The minimum Gasteiger partial charge on any atom is -0.486 e. The minimum atomic E-state index is -0.197. The van der Waals surface area contributed by atoms with E-state index in [1.807, 2.05) is 24.3 Å². The van der Waals surface area contributed by atoms with Gasteiger partial charge in [0.05, 0.1) is 0 Å². The van der Waals surface area contributed by atoms with Gasteiger partial charge in [0, 0.05) is 5.33 Å². The molecule has 0 N–H and O–H groups in total. The topological polar surface area (TPSA) is 18.5 Å². The van der Waals surface area contributed by atoms with Crippen LogP contribution in [-0.4, -0.2) is 17.5 Å². The Labute approximate surface area is 92.3 Å². The molecule has 0 saturated heterocycles. The standard InChI is InChI=1S/C11H13BrO2/c1-11(6-7-12)8-13-9-4-2-3-5-10(9)14-11/h2-5H,6-8H2,1H3. The summed E-state index contributed by atoms with van der Waals surface area (Å²) in [6.07, 6.45) is 0.946. The molecule has 0 spiro atoms. The molecule has 1 unspecified atom stereocenters. The Hall–Kier alpha value is -0.700. The maximum Gasteiger partial charge on any atom is 0.162 e. The van der Waals surface area contributed by atoms with E-state index in [0.717, 1.165) is 23.2 Å². The zero-order valence-corrected chi connectivity index (χ0v) is 9.71. The van der Waals surface area contributed by atoms with Crippen molar-refractivity contribution in [3.8, 4) is 11.5 Å². The fourth-order valence-electron chi connectivity index (χ4n) is 1.50. The van der Waals surface area contributed by atoms with Crippen molar-refractivity contribution in [2.45, 2.75) is 18.9 Å². The largest absolute Gasteiger partial charge is 0.486 e. The number of alkyl halides is 1. The molecule has 2 rings (SSSR count). The van der Waals surface area contributed by atoms with Gasteiger partial charge in [0.25, 0.3) is 0 Å². The Morgan fingerprint density at radius 3 is 2.79 bits per heavy atom. The van der Waals surface area contributed by atoms with Crippen LogP contribution in [0.25, 0.3) is 0 Å². The molecule has 0 amide bonds. The highest BCUT2D eigenvalue weighted by atomic mass is 79.9. The lowest BCUT2D eigenvalue weighted by molar-refractivity contribution is 0.00455. The van der Waals surface area contributed by atoms with Crippen molar-refractivity contribution in [3.05, 3.63) is 24.3 Å². The Morgan fingerprint density at radius 1 is 1.36 bits per heavy atom. The zero-order chi connectivity index (χ0) is 10.0. The minimum absolute atomic E-state index is 0.197. The van der Waals surface area contributed by atoms with Crippen LogP contribution in [0.15, 0.2) is 24.3 Å².